The highest BCUT2D eigenvalue weighted by Crippen LogP contribution is 2.25. The van der Waals surface area contributed by atoms with E-state index in [4.69, 9.17) is 10.8 Å². The van der Waals surface area contributed by atoms with Crippen molar-refractivity contribution in [2.45, 2.75) is 6.04 Å². The molecule has 0 bridgehead atoms. The molecule has 0 aliphatic carbocycles. The third-order valence-electron chi connectivity index (χ3n) is 1.64. The minimum absolute atomic E-state index is 0.00333. The third-order valence-corrected chi connectivity index (χ3v) is 2.33. The summed E-state index contributed by atoms with van der Waals surface area (Å²) in [6.45, 7) is 0. The second kappa shape index (κ2) is 4.02. The number of hydrogen-bond donors (Lipinski definition) is 2. The van der Waals surface area contributed by atoms with E-state index in [1.54, 1.807) is 0 Å². The molecule has 1 rings (SSSR count). The summed E-state index contributed by atoms with van der Waals surface area (Å²) >= 11 is 2.90. The van der Waals surface area contributed by atoms with Crippen molar-refractivity contribution in [2.24, 2.45) is 5.73 Å². The predicted octanol–water partition coefficient (Wildman–Crippen LogP) is 1.81. The van der Waals surface area contributed by atoms with Gasteiger partial charge in [-0.2, -0.15) is 0 Å². The number of hydrogen-bond acceptors (Lipinski definition) is 2. The number of carboxylic acid groups (broad SMARTS) is 1. The molecule has 0 heterocycles. The van der Waals surface area contributed by atoms with E-state index in [0.29, 0.717) is 0 Å². The number of benzene rings is 1. The molecule has 0 spiro atoms. The van der Waals surface area contributed by atoms with Gasteiger partial charge in [-0.05, 0) is 17.7 Å². The molecule has 1 aromatic carbocycles. The van der Waals surface area contributed by atoms with Crippen LogP contribution in [0.2, 0.25) is 0 Å². The van der Waals surface area contributed by atoms with Crippen LogP contribution in [-0.2, 0) is 4.79 Å². The molecule has 0 aliphatic heterocycles. The zero-order valence-corrected chi connectivity index (χ0v) is 8.38. The summed E-state index contributed by atoms with van der Waals surface area (Å²) in [7, 11) is 0. The molecule has 0 saturated carbocycles. The molecule has 14 heavy (non-hydrogen) atoms. The second-order valence-corrected chi connectivity index (χ2v) is 3.46. The fourth-order valence-electron chi connectivity index (χ4n) is 0.909. The van der Waals surface area contributed by atoms with Crippen LogP contribution in [0.1, 0.15) is 11.6 Å². The van der Waals surface area contributed by atoms with Crippen molar-refractivity contribution in [1.29, 1.82) is 0 Å². The second-order valence-electron chi connectivity index (χ2n) is 2.60. The molecule has 0 aromatic heterocycles. The Kier molecular flexibility index (Phi) is 3.17. The normalized spacial score (nSPS) is 12.6. The van der Waals surface area contributed by atoms with Crippen LogP contribution in [0.4, 0.5) is 8.78 Å². The van der Waals surface area contributed by atoms with E-state index in [1.165, 1.54) is 0 Å². The minimum atomic E-state index is -1.38. The number of halogens is 3. The molecule has 0 fully saturated rings. The number of carbonyl (C=O) groups is 1. The highest BCUT2D eigenvalue weighted by Gasteiger charge is 2.19. The zero-order chi connectivity index (χ0) is 10.9. The maximum Gasteiger partial charge on any atom is 0.325 e. The van der Waals surface area contributed by atoms with Gasteiger partial charge in [-0.3, -0.25) is 4.79 Å². The van der Waals surface area contributed by atoms with Crippen molar-refractivity contribution in [3.05, 3.63) is 33.8 Å². The molecule has 0 amide bonds. The molecule has 1 aromatic rings. The first-order valence-corrected chi connectivity index (χ1v) is 4.35. The Morgan fingerprint density at radius 3 is 2.43 bits per heavy atom. The molecule has 0 radical (unpaired) electrons. The van der Waals surface area contributed by atoms with Crippen LogP contribution in [0.5, 0.6) is 0 Å². The number of nitrogens with two attached hydrogens (primary N) is 1. The SMILES string of the molecule is N[C@H](C(=O)O)c1cc(F)c(F)cc1Br. The Morgan fingerprint density at radius 2 is 1.93 bits per heavy atom. The first-order valence-electron chi connectivity index (χ1n) is 3.56. The fourth-order valence-corrected chi connectivity index (χ4v) is 1.47. The Hall–Kier alpha value is -1.01. The lowest BCUT2D eigenvalue weighted by Gasteiger charge is -2.09. The van der Waals surface area contributed by atoms with Gasteiger partial charge in [0.1, 0.15) is 6.04 Å². The Bertz CT molecular complexity index is 384. The topological polar surface area (TPSA) is 63.3 Å². The maximum absolute atomic E-state index is 12.7. The third kappa shape index (κ3) is 2.08. The lowest BCUT2D eigenvalue weighted by atomic mass is 10.1. The first kappa shape index (κ1) is 11.1. The molecule has 1 atom stereocenters. The van der Waals surface area contributed by atoms with Crippen LogP contribution < -0.4 is 5.73 Å². The van der Waals surface area contributed by atoms with Gasteiger partial charge >= 0.3 is 5.97 Å². The van der Waals surface area contributed by atoms with E-state index in [1.807, 2.05) is 0 Å². The lowest BCUT2D eigenvalue weighted by Crippen LogP contribution is -2.21. The Morgan fingerprint density at radius 1 is 1.43 bits per heavy atom. The first-order chi connectivity index (χ1) is 6.43. The van der Waals surface area contributed by atoms with Gasteiger partial charge in [-0.15, -0.1) is 0 Å². The van der Waals surface area contributed by atoms with E-state index < -0.39 is 23.6 Å². The van der Waals surface area contributed by atoms with Crippen LogP contribution in [0.15, 0.2) is 16.6 Å². The summed E-state index contributed by atoms with van der Waals surface area (Å²) in [5.41, 5.74) is 5.24. The van der Waals surface area contributed by atoms with Gasteiger partial charge in [0.25, 0.3) is 0 Å². The molecular formula is C8H6BrF2NO2. The van der Waals surface area contributed by atoms with Gasteiger partial charge in [0, 0.05) is 4.47 Å². The van der Waals surface area contributed by atoms with Gasteiger partial charge in [0.15, 0.2) is 11.6 Å². The van der Waals surface area contributed by atoms with E-state index in [2.05, 4.69) is 15.9 Å². The van der Waals surface area contributed by atoms with E-state index in [0.717, 1.165) is 12.1 Å². The predicted molar refractivity (Wildman–Crippen MR) is 48.6 cm³/mol. The Labute approximate surface area is 86.7 Å². The molecule has 76 valence electrons. The van der Waals surface area contributed by atoms with E-state index >= 15 is 0 Å². The monoisotopic (exact) mass is 265 g/mol. The smallest absolute Gasteiger partial charge is 0.325 e. The number of carboxylic acids is 1. The van der Waals surface area contributed by atoms with Gasteiger partial charge in [-0.25, -0.2) is 8.78 Å². The zero-order valence-electron chi connectivity index (χ0n) is 6.80. The largest absolute Gasteiger partial charge is 0.480 e. The van der Waals surface area contributed by atoms with Crippen molar-refractivity contribution in [3.8, 4) is 0 Å². The average molecular weight is 266 g/mol. The van der Waals surface area contributed by atoms with Gasteiger partial charge in [-0.1, -0.05) is 15.9 Å². The van der Waals surface area contributed by atoms with Crippen LogP contribution in [0, 0.1) is 11.6 Å². The van der Waals surface area contributed by atoms with Crippen molar-refractivity contribution >= 4 is 21.9 Å². The molecular weight excluding hydrogens is 260 g/mol. The maximum atomic E-state index is 12.7. The quantitative estimate of drug-likeness (QED) is 0.802. The summed E-state index contributed by atoms with van der Waals surface area (Å²) in [5, 5.41) is 8.56. The van der Waals surface area contributed by atoms with Crippen molar-refractivity contribution < 1.29 is 18.7 Å². The fraction of sp³-hybridized carbons (Fsp3) is 0.125. The highest BCUT2D eigenvalue weighted by molar-refractivity contribution is 9.10. The van der Waals surface area contributed by atoms with Crippen molar-refractivity contribution in [2.75, 3.05) is 0 Å². The Balaban J connectivity index is 3.22. The van der Waals surface area contributed by atoms with Crippen LogP contribution in [0.25, 0.3) is 0 Å². The summed E-state index contributed by atoms with van der Waals surface area (Å²) in [5.74, 6) is -3.49. The minimum Gasteiger partial charge on any atom is -0.480 e. The van der Waals surface area contributed by atoms with Crippen molar-refractivity contribution in [3.63, 3.8) is 0 Å². The summed E-state index contributed by atoms with van der Waals surface area (Å²) in [4.78, 5) is 10.5. The van der Waals surface area contributed by atoms with Gasteiger partial charge in [0.2, 0.25) is 0 Å². The van der Waals surface area contributed by atoms with E-state index in [9.17, 15) is 13.6 Å². The highest BCUT2D eigenvalue weighted by atomic mass is 79.9. The summed E-state index contributed by atoms with van der Waals surface area (Å²) < 4.78 is 25.5. The van der Waals surface area contributed by atoms with Crippen LogP contribution >= 0.6 is 15.9 Å². The molecule has 0 unspecified atom stereocenters. The average Bonchev–Trinajstić information content (AvgIpc) is 2.10. The molecule has 3 nitrogen and oxygen atoms in total. The van der Waals surface area contributed by atoms with Crippen LogP contribution in [-0.4, -0.2) is 11.1 Å². The molecule has 0 aliphatic rings. The standard InChI is InChI=1S/C8H6BrF2NO2/c9-4-2-6(11)5(10)1-3(4)7(12)8(13)14/h1-2,7H,12H2,(H,13,14)/t7-/m0/s1. The van der Waals surface area contributed by atoms with Gasteiger partial charge < -0.3 is 10.8 Å². The van der Waals surface area contributed by atoms with Crippen molar-refractivity contribution in [1.82, 2.24) is 0 Å². The molecule has 6 heteroatoms. The van der Waals surface area contributed by atoms with Gasteiger partial charge in [0.05, 0.1) is 0 Å². The lowest BCUT2D eigenvalue weighted by molar-refractivity contribution is -0.138. The van der Waals surface area contributed by atoms with Crippen LogP contribution in [0.3, 0.4) is 0 Å². The molecule has 3 N–H and O–H groups in total. The summed E-state index contributed by atoms with van der Waals surface area (Å²) in [6.07, 6.45) is 0. The number of rotatable bonds is 2. The molecule has 0 saturated heterocycles. The number of aliphatic carboxylic acids is 1. The summed E-state index contributed by atoms with van der Waals surface area (Å²) in [6, 6.07) is 0.227. The van der Waals surface area contributed by atoms with E-state index in [-0.39, 0.29) is 10.0 Å².